The molecule has 0 aliphatic carbocycles. The summed E-state index contributed by atoms with van der Waals surface area (Å²) in [6.07, 6.45) is 6.39. The van der Waals surface area contributed by atoms with Crippen LogP contribution in [0.15, 0.2) is 194 Å². The molecule has 8 aromatic carbocycles. The van der Waals surface area contributed by atoms with E-state index in [1.165, 1.54) is 27.1 Å². The van der Waals surface area contributed by atoms with Crippen LogP contribution in [0.5, 0.6) is 0 Å². The van der Waals surface area contributed by atoms with Crippen LogP contribution in [0.2, 0.25) is 0 Å². The quantitative estimate of drug-likeness (QED) is 0.177. The second kappa shape index (κ2) is 13.5. The summed E-state index contributed by atoms with van der Waals surface area (Å²) in [4.78, 5) is 10.7. The van der Waals surface area contributed by atoms with E-state index in [9.17, 15) is 0 Å². The van der Waals surface area contributed by atoms with Crippen LogP contribution in [0.3, 0.4) is 0 Å². The third kappa shape index (κ3) is 5.82. The maximum Gasteiger partial charge on any atom is 0.160 e. The predicted octanol–water partition coefficient (Wildman–Crippen LogP) is 12.8. The zero-order valence-corrected chi connectivity index (χ0v) is 29.6. The van der Waals surface area contributed by atoms with Gasteiger partial charge in [-0.05, 0) is 109 Å². The molecule has 0 bridgehead atoms. The van der Waals surface area contributed by atoms with Gasteiger partial charge in [-0.2, -0.15) is 0 Å². The first-order chi connectivity index (χ1) is 26.7. The fourth-order valence-electron chi connectivity index (χ4n) is 7.78. The van der Waals surface area contributed by atoms with Crippen LogP contribution in [0.25, 0.3) is 94.2 Å². The normalized spacial score (nSPS) is 12.6. The van der Waals surface area contributed by atoms with Crippen LogP contribution in [-0.4, -0.2) is 16.5 Å². The van der Waals surface area contributed by atoms with Crippen molar-refractivity contribution < 1.29 is 0 Å². The Morgan fingerprint density at radius 1 is 0.407 bits per heavy atom. The van der Waals surface area contributed by atoms with Crippen LogP contribution in [0.1, 0.15) is 5.56 Å². The lowest BCUT2D eigenvalue weighted by Crippen LogP contribution is -2.14. The summed E-state index contributed by atoms with van der Waals surface area (Å²) >= 11 is 0. The Kier molecular flexibility index (Phi) is 7.88. The fourth-order valence-corrected chi connectivity index (χ4v) is 7.78. The zero-order valence-electron chi connectivity index (χ0n) is 29.6. The van der Waals surface area contributed by atoms with Crippen LogP contribution in [0.4, 0.5) is 0 Å². The van der Waals surface area contributed by atoms with Gasteiger partial charge < -0.3 is 5.32 Å². The summed E-state index contributed by atoms with van der Waals surface area (Å²) in [6.45, 7) is 0.819. The summed E-state index contributed by atoms with van der Waals surface area (Å²) < 4.78 is 0. The van der Waals surface area contributed by atoms with Crippen molar-refractivity contribution in [2.45, 2.75) is 0 Å². The zero-order chi connectivity index (χ0) is 35.8. The van der Waals surface area contributed by atoms with Gasteiger partial charge in [0.25, 0.3) is 0 Å². The number of benzene rings is 8. The molecule has 0 saturated heterocycles. The first-order valence-electron chi connectivity index (χ1n) is 18.5. The average molecular weight is 690 g/mol. The molecule has 0 spiro atoms. The number of allylic oxidation sites excluding steroid dienone is 2. The molecule has 0 atom stereocenters. The molecule has 3 heteroatoms. The van der Waals surface area contributed by atoms with Gasteiger partial charge in [0.15, 0.2) is 5.82 Å². The van der Waals surface area contributed by atoms with E-state index < -0.39 is 0 Å². The van der Waals surface area contributed by atoms with Crippen molar-refractivity contribution in [1.82, 2.24) is 15.3 Å². The van der Waals surface area contributed by atoms with E-state index in [2.05, 4.69) is 193 Å². The Labute approximate surface area is 314 Å². The average Bonchev–Trinajstić information content (AvgIpc) is 3.26. The highest BCUT2D eigenvalue weighted by Crippen LogP contribution is 2.40. The molecule has 0 radical (unpaired) electrons. The number of hydrogen-bond donors (Lipinski definition) is 1. The SMILES string of the molecule is C1=CCNC(c2cccc(-c3cc(-c4nc(-c5ccccc5)c5ccc(-c6ccccc6)cc5n4)cc(-c4cc5ccccc5c5ccccc45)c3)c2)=C1. The van der Waals surface area contributed by atoms with Crippen molar-refractivity contribution in [3.05, 3.63) is 200 Å². The van der Waals surface area contributed by atoms with E-state index in [4.69, 9.17) is 9.97 Å². The molecule has 1 aliphatic rings. The predicted molar refractivity (Wildman–Crippen MR) is 227 cm³/mol. The summed E-state index contributed by atoms with van der Waals surface area (Å²) in [7, 11) is 0. The molecule has 54 heavy (non-hydrogen) atoms. The van der Waals surface area contributed by atoms with Crippen LogP contribution < -0.4 is 5.32 Å². The third-order valence-electron chi connectivity index (χ3n) is 10.4. The Bertz CT molecular complexity index is 2920. The van der Waals surface area contributed by atoms with Gasteiger partial charge >= 0.3 is 0 Å². The van der Waals surface area contributed by atoms with Gasteiger partial charge in [0.1, 0.15) is 0 Å². The van der Waals surface area contributed by atoms with E-state index in [-0.39, 0.29) is 0 Å². The number of aromatic nitrogens is 2. The van der Waals surface area contributed by atoms with E-state index >= 15 is 0 Å². The third-order valence-corrected chi connectivity index (χ3v) is 10.4. The highest BCUT2D eigenvalue weighted by Gasteiger charge is 2.17. The van der Waals surface area contributed by atoms with Gasteiger partial charge in [-0.3, -0.25) is 0 Å². The van der Waals surface area contributed by atoms with Gasteiger partial charge in [-0.25, -0.2) is 9.97 Å². The Morgan fingerprint density at radius 2 is 1.06 bits per heavy atom. The minimum absolute atomic E-state index is 0.692. The maximum absolute atomic E-state index is 5.38. The van der Waals surface area contributed by atoms with Gasteiger partial charge in [0.05, 0.1) is 11.2 Å². The first-order valence-corrected chi connectivity index (χ1v) is 18.5. The van der Waals surface area contributed by atoms with Gasteiger partial charge in [-0.1, -0.05) is 146 Å². The number of dihydropyridines is 1. The molecule has 1 aromatic heterocycles. The molecule has 0 amide bonds. The molecule has 2 heterocycles. The Hall–Kier alpha value is -7.10. The lowest BCUT2D eigenvalue weighted by atomic mass is 9.90. The van der Waals surface area contributed by atoms with Crippen molar-refractivity contribution >= 4 is 38.1 Å². The molecule has 10 rings (SSSR count). The fraction of sp³-hybridized carbons (Fsp3) is 0.0196. The molecule has 0 fully saturated rings. The van der Waals surface area contributed by atoms with Crippen molar-refractivity contribution in [1.29, 1.82) is 0 Å². The molecule has 9 aromatic rings. The van der Waals surface area contributed by atoms with Crippen LogP contribution in [-0.2, 0) is 0 Å². The van der Waals surface area contributed by atoms with Crippen LogP contribution >= 0.6 is 0 Å². The number of nitrogens with zero attached hydrogens (tertiary/aromatic N) is 2. The van der Waals surface area contributed by atoms with E-state index in [0.29, 0.717) is 5.82 Å². The molecule has 0 unspecified atom stereocenters. The number of rotatable bonds is 6. The first kappa shape index (κ1) is 31.6. The topological polar surface area (TPSA) is 37.8 Å². The Balaban J connectivity index is 1.24. The molecule has 3 nitrogen and oxygen atoms in total. The molecule has 0 saturated carbocycles. The molecular formula is C51H35N3. The highest BCUT2D eigenvalue weighted by atomic mass is 14.9. The van der Waals surface area contributed by atoms with E-state index in [0.717, 1.165) is 73.3 Å². The summed E-state index contributed by atoms with van der Waals surface area (Å²) in [5.41, 5.74) is 13.0. The number of nitrogens with one attached hydrogen (secondary N) is 1. The van der Waals surface area contributed by atoms with Crippen molar-refractivity contribution in [2.75, 3.05) is 6.54 Å². The standard InChI is InChI=1S/C51H35N3/c1-3-14-34(15-4-1)37-25-26-46-49(33-37)53-51(54-50(46)35-16-5-2-6-17-35)42-30-40(36-19-13-20-39(28-36)48-24-11-12-27-52-48)29-41(31-42)47-32-38-18-7-8-21-43(38)44-22-9-10-23-45(44)47/h1-26,28-33,52H,27H2. The smallest absolute Gasteiger partial charge is 0.160 e. The van der Waals surface area contributed by atoms with Gasteiger partial charge in [0.2, 0.25) is 0 Å². The number of fused-ring (bicyclic) bond motifs is 4. The Morgan fingerprint density at radius 3 is 1.87 bits per heavy atom. The van der Waals surface area contributed by atoms with Crippen LogP contribution in [0, 0.1) is 0 Å². The van der Waals surface area contributed by atoms with Crippen molar-refractivity contribution in [3.8, 4) is 56.0 Å². The van der Waals surface area contributed by atoms with Crippen molar-refractivity contribution in [3.63, 3.8) is 0 Å². The lowest BCUT2D eigenvalue weighted by molar-refractivity contribution is 0.996. The molecule has 254 valence electrons. The highest BCUT2D eigenvalue weighted by molar-refractivity contribution is 6.14. The van der Waals surface area contributed by atoms with E-state index in [1.807, 2.05) is 6.07 Å². The van der Waals surface area contributed by atoms with Gasteiger partial charge in [-0.15, -0.1) is 0 Å². The summed E-state index contributed by atoms with van der Waals surface area (Å²) in [5, 5.41) is 9.48. The molecular weight excluding hydrogens is 655 g/mol. The minimum Gasteiger partial charge on any atom is -0.381 e. The minimum atomic E-state index is 0.692. The summed E-state index contributed by atoms with van der Waals surface area (Å²) in [5.74, 6) is 0.692. The second-order valence-electron chi connectivity index (χ2n) is 13.8. The summed E-state index contributed by atoms with van der Waals surface area (Å²) in [6, 6.07) is 62.9. The van der Waals surface area contributed by atoms with E-state index in [1.54, 1.807) is 0 Å². The second-order valence-corrected chi connectivity index (χ2v) is 13.8. The monoisotopic (exact) mass is 689 g/mol. The number of hydrogen-bond acceptors (Lipinski definition) is 3. The molecule has 1 aliphatic heterocycles. The van der Waals surface area contributed by atoms with Gasteiger partial charge in [0, 0.05) is 28.8 Å². The largest absolute Gasteiger partial charge is 0.381 e. The molecule has 1 N–H and O–H groups in total. The lowest BCUT2D eigenvalue weighted by Gasteiger charge is -2.16. The maximum atomic E-state index is 5.38. The van der Waals surface area contributed by atoms with Crippen molar-refractivity contribution in [2.24, 2.45) is 0 Å².